The van der Waals surface area contributed by atoms with Crippen LogP contribution in [0.25, 0.3) is 0 Å². The van der Waals surface area contributed by atoms with Crippen molar-refractivity contribution in [3.63, 3.8) is 0 Å². The second kappa shape index (κ2) is 9.50. The van der Waals surface area contributed by atoms with Crippen molar-refractivity contribution in [1.29, 1.82) is 0 Å². The van der Waals surface area contributed by atoms with E-state index in [1.807, 2.05) is 9.58 Å². The number of rotatable bonds is 7. The number of nitrogens with zero attached hydrogens (tertiary/aromatic N) is 5. The van der Waals surface area contributed by atoms with Crippen LogP contribution >= 0.6 is 0 Å². The van der Waals surface area contributed by atoms with Gasteiger partial charge in [0.15, 0.2) is 0 Å². The van der Waals surface area contributed by atoms with E-state index in [4.69, 9.17) is 4.74 Å². The smallest absolute Gasteiger partial charge is 0.236 e. The highest BCUT2D eigenvalue weighted by atomic mass is 16.5. The molecule has 2 aliphatic rings. The number of hydrogen-bond acceptors (Lipinski definition) is 5. The predicted octanol–water partition coefficient (Wildman–Crippen LogP) is 1.76. The maximum atomic E-state index is 12.8. The van der Waals surface area contributed by atoms with E-state index in [9.17, 15) is 4.79 Å². The Bertz CT molecular complexity index is 799. The summed E-state index contributed by atoms with van der Waals surface area (Å²) in [4.78, 5) is 17.1. The summed E-state index contributed by atoms with van der Waals surface area (Å²) in [6.45, 7) is 5.19. The quantitative estimate of drug-likeness (QED) is 0.712. The Kier molecular flexibility index (Phi) is 6.56. The minimum atomic E-state index is 0.249. The van der Waals surface area contributed by atoms with E-state index < -0.39 is 0 Å². The molecule has 0 bridgehead atoms. The van der Waals surface area contributed by atoms with Crippen LogP contribution in [0.4, 0.5) is 0 Å². The summed E-state index contributed by atoms with van der Waals surface area (Å²) in [5, 5.41) is 8.57. The summed E-state index contributed by atoms with van der Waals surface area (Å²) in [5.74, 6) is 0.930. The Morgan fingerprint density at radius 3 is 2.72 bits per heavy atom. The number of fused-ring (bicyclic) bond motifs is 1. The fourth-order valence-corrected chi connectivity index (χ4v) is 4.44. The monoisotopic (exact) mass is 397 g/mol. The van der Waals surface area contributed by atoms with Gasteiger partial charge >= 0.3 is 0 Å². The maximum Gasteiger partial charge on any atom is 0.236 e. The number of carbonyl (C=O) groups is 1. The number of methoxy groups -OCH3 is 1. The summed E-state index contributed by atoms with van der Waals surface area (Å²) < 4.78 is 7.08. The Morgan fingerprint density at radius 2 is 1.97 bits per heavy atom. The number of piperidine rings is 1. The van der Waals surface area contributed by atoms with Crippen molar-refractivity contribution in [3.05, 3.63) is 47.3 Å². The number of amides is 1. The predicted molar refractivity (Wildman–Crippen MR) is 110 cm³/mol. The summed E-state index contributed by atoms with van der Waals surface area (Å²) in [7, 11) is 1.70. The second-order valence-electron chi connectivity index (χ2n) is 8.17. The van der Waals surface area contributed by atoms with Gasteiger partial charge in [-0.2, -0.15) is 0 Å². The molecule has 3 heterocycles. The van der Waals surface area contributed by atoms with Gasteiger partial charge in [0.1, 0.15) is 0 Å². The van der Waals surface area contributed by atoms with Gasteiger partial charge in [0.05, 0.1) is 31.1 Å². The average Bonchev–Trinajstić information content (AvgIpc) is 3.15. The van der Waals surface area contributed by atoms with E-state index in [2.05, 4.69) is 45.5 Å². The molecule has 1 amide bonds. The molecule has 7 heteroatoms. The second-order valence-corrected chi connectivity index (χ2v) is 8.17. The topological polar surface area (TPSA) is 63.5 Å². The highest BCUT2D eigenvalue weighted by molar-refractivity contribution is 5.78. The molecule has 0 N–H and O–H groups in total. The van der Waals surface area contributed by atoms with Crippen LogP contribution in [0.2, 0.25) is 0 Å². The van der Waals surface area contributed by atoms with Crippen LogP contribution in [0.3, 0.4) is 0 Å². The minimum absolute atomic E-state index is 0.249. The highest BCUT2D eigenvalue weighted by Gasteiger charge is 2.27. The van der Waals surface area contributed by atoms with Gasteiger partial charge in [-0.3, -0.25) is 9.69 Å². The first kappa shape index (κ1) is 20.0. The molecule has 0 atom stereocenters. The fourth-order valence-electron chi connectivity index (χ4n) is 4.44. The van der Waals surface area contributed by atoms with Gasteiger partial charge in [0.25, 0.3) is 0 Å². The summed E-state index contributed by atoms with van der Waals surface area (Å²) in [6, 6.07) is 10.7. The maximum absolute atomic E-state index is 12.8. The van der Waals surface area contributed by atoms with Gasteiger partial charge in [-0.25, -0.2) is 4.68 Å². The Hall–Kier alpha value is -2.25. The van der Waals surface area contributed by atoms with Gasteiger partial charge in [0, 0.05) is 39.7 Å². The molecule has 2 aliphatic heterocycles. The molecule has 4 rings (SSSR count). The van der Waals surface area contributed by atoms with Crippen molar-refractivity contribution in [2.75, 3.05) is 39.9 Å². The lowest BCUT2D eigenvalue weighted by atomic mass is 9.90. The van der Waals surface area contributed by atoms with Crippen LogP contribution in [0, 0.1) is 5.92 Å². The molecule has 0 radical (unpaired) electrons. The molecule has 0 aliphatic carbocycles. The molecule has 7 nitrogen and oxygen atoms in total. The van der Waals surface area contributed by atoms with Crippen LogP contribution in [0.5, 0.6) is 0 Å². The van der Waals surface area contributed by atoms with Gasteiger partial charge in [-0.1, -0.05) is 35.5 Å². The molecular formula is C22H31N5O2. The van der Waals surface area contributed by atoms with E-state index >= 15 is 0 Å². The molecule has 0 saturated carbocycles. The molecule has 1 saturated heterocycles. The van der Waals surface area contributed by atoms with E-state index in [0.29, 0.717) is 25.6 Å². The van der Waals surface area contributed by atoms with E-state index in [0.717, 1.165) is 57.6 Å². The molecule has 2 aromatic rings. The number of likely N-dealkylation sites (tertiary alicyclic amines) is 1. The van der Waals surface area contributed by atoms with E-state index in [1.54, 1.807) is 7.11 Å². The van der Waals surface area contributed by atoms with Crippen molar-refractivity contribution in [3.8, 4) is 0 Å². The number of carbonyl (C=O) groups excluding carboxylic acids is 1. The van der Waals surface area contributed by atoms with Gasteiger partial charge in [0.2, 0.25) is 5.91 Å². The van der Waals surface area contributed by atoms with Crippen LogP contribution < -0.4 is 0 Å². The Morgan fingerprint density at radius 1 is 1.17 bits per heavy atom. The highest BCUT2D eigenvalue weighted by Crippen LogP contribution is 2.22. The lowest BCUT2D eigenvalue weighted by Gasteiger charge is -2.34. The van der Waals surface area contributed by atoms with E-state index in [-0.39, 0.29) is 5.91 Å². The molecule has 0 unspecified atom stereocenters. The molecular weight excluding hydrogens is 366 g/mol. The van der Waals surface area contributed by atoms with Crippen molar-refractivity contribution in [2.24, 2.45) is 5.92 Å². The number of aromatic nitrogens is 3. The summed E-state index contributed by atoms with van der Waals surface area (Å²) >= 11 is 0. The van der Waals surface area contributed by atoms with Crippen LogP contribution in [-0.2, 0) is 35.5 Å². The molecule has 29 heavy (non-hydrogen) atoms. The third-order valence-corrected chi connectivity index (χ3v) is 6.16. The van der Waals surface area contributed by atoms with Crippen LogP contribution in [-0.4, -0.2) is 70.6 Å². The molecule has 1 aromatic heterocycles. The molecule has 156 valence electrons. The SMILES string of the molecule is COCCn1nnc2c1CCN(CC(=O)N1CCC(Cc3ccccc3)CC1)C2. The molecule has 1 aromatic carbocycles. The van der Waals surface area contributed by atoms with E-state index in [1.165, 1.54) is 11.3 Å². The van der Waals surface area contributed by atoms with Crippen molar-refractivity contribution in [2.45, 2.75) is 38.8 Å². The fraction of sp³-hybridized carbons (Fsp3) is 0.591. The zero-order valence-corrected chi connectivity index (χ0v) is 17.3. The third-order valence-electron chi connectivity index (χ3n) is 6.16. The third kappa shape index (κ3) is 5.03. The average molecular weight is 398 g/mol. The number of benzene rings is 1. The van der Waals surface area contributed by atoms with Crippen molar-refractivity contribution in [1.82, 2.24) is 24.8 Å². The van der Waals surface area contributed by atoms with Crippen molar-refractivity contribution < 1.29 is 9.53 Å². The first-order valence-electron chi connectivity index (χ1n) is 10.7. The standard InChI is InChI=1S/C22H31N5O2/c1-29-14-13-27-21-9-10-25(16-20(21)23-24-27)17-22(28)26-11-7-19(8-12-26)15-18-5-3-2-4-6-18/h2-6,19H,7-17H2,1H3. The first-order valence-corrected chi connectivity index (χ1v) is 10.7. The zero-order chi connectivity index (χ0) is 20.1. The summed E-state index contributed by atoms with van der Waals surface area (Å²) in [5.41, 5.74) is 3.59. The lowest BCUT2D eigenvalue weighted by Crippen LogP contribution is -2.45. The van der Waals surface area contributed by atoms with Gasteiger partial charge < -0.3 is 9.64 Å². The summed E-state index contributed by atoms with van der Waals surface area (Å²) in [6.07, 6.45) is 4.20. The first-order chi connectivity index (χ1) is 14.2. The number of hydrogen-bond donors (Lipinski definition) is 0. The molecule has 0 spiro atoms. The van der Waals surface area contributed by atoms with Gasteiger partial charge in [-0.05, 0) is 30.7 Å². The number of ether oxygens (including phenoxy) is 1. The van der Waals surface area contributed by atoms with Crippen LogP contribution in [0.1, 0.15) is 29.8 Å². The molecule has 1 fully saturated rings. The Labute approximate surface area is 172 Å². The lowest BCUT2D eigenvalue weighted by molar-refractivity contribution is -0.134. The van der Waals surface area contributed by atoms with Crippen LogP contribution in [0.15, 0.2) is 30.3 Å². The normalized spacial score (nSPS) is 18.0. The Balaban J connectivity index is 1.24. The minimum Gasteiger partial charge on any atom is -0.383 e. The van der Waals surface area contributed by atoms with Gasteiger partial charge in [-0.15, -0.1) is 5.10 Å². The largest absolute Gasteiger partial charge is 0.383 e. The van der Waals surface area contributed by atoms with Crippen molar-refractivity contribution >= 4 is 5.91 Å². The zero-order valence-electron chi connectivity index (χ0n) is 17.3.